The molecular formula is C22H29N5O3. The molecule has 1 aromatic heterocycles. The van der Waals surface area contributed by atoms with Crippen LogP contribution in [-0.4, -0.2) is 68.6 Å². The topological polar surface area (TPSA) is 80.6 Å². The summed E-state index contributed by atoms with van der Waals surface area (Å²) < 4.78 is 5.55. The maximum atomic E-state index is 13.5. The average Bonchev–Trinajstić information content (AvgIpc) is 3.19. The standard InChI is InChI=1S/C22H29N5O3/c1-15-5-6-19(27-23-7-8-24-27)18(9-15)20(28)25-11-16-10-17(12-25)14-26(13-16)21(29)30-22(2,3)4/h5-9,16-17H,10-14H2,1-4H3. The van der Waals surface area contributed by atoms with Gasteiger partial charge in [-0.15, -0.1) is 0 Å². The minimum Gasteiger partial charge on any atom is -0.444 e. The van der Waals surface area contributed by atoms with E-state index in [1.807, 2.05) is 50.8 Å². The number of carbonyl (C=O) groups excluding carboxylic acids is 2. The normalized spacial score (nSPS) is 21.5. The van der Waals surface area contributed by atoms with Gasteiger partial charge in [-0.3, -0.25) is 4.79 Å². The Hall–Kier alpha value is -2.90. The summed E-state index contributed by atoms with van der Waals surface area (Å²) >= 11 is 0. The molecule has 2 saturated heterocycles. The van der Waals surface area contributed by atoms with Crippen LogP contribution in [0.5, 0.6) is 0 Å². The molecule has 0 radical (unpaired) electrons. The number of aromatic nitrogens is 3. The third kappa shape index (κ3) is 4.32. The number of fused-ring (bicyclic) bond motifs is 2. The molecule has 2 unspecified atom stereocenters. The van der Waals surface area contributed by atoms with Crippen molar-refractivity contribution in [3.05, 3.63) is 41.7 Å². The zero-order valence-electron chi connectivity index (χ0n) is 18.0. The average molecular weight is 412 g/mol. The van der Waals surface area contributed by atoms with Gasteiger partial charge < -0.3 is 14.5 Å². The van der Waals surface area contributed by atoms with Crippen LogP contribution in [-0.2, 0) is 4.74 Å². The summed E-state index contributed by atoms with van der Waals surface area (Å²) in [5.41, 5.74) is 1.80. The second kappa shape index (κ2) is 7.74. The third-order valence-electron chi connectivity index (χ3n) is 5.54. The second-order valence-corrected chi connectivity index (χ2v) is 9.40. The highest BCUT2D eigenvalue weighted by atomic mass is 16.6. The molecule has 1 aromatic carbocycles. The van der Waals surface area contributed by atoms with Gasteiger partial charge in [0, 0.05) is 26.2 Å². The van der Waals surface area contributed by atoms with Gasteiger partial charge in [-0.2, -0.15) is 15.0 Å². The molecule has 160 valence electrons. The number of nitrogens with zero attached hydrogens (tertiary/aromatic N) is 5. The van der Waals surface area contributed by atoms with Crippen LogP contribution in [0.4, 0.5) is 4.79 Å². The zero-order valence-corrected chi connectivity index (χ0v) is 18.0. The van der Waals surface area contributed by atoms with Crippen LogP contribution in [0, 0.1) is 18.8 Å². The highest BCUT2D eigenvalue weighted by molar-refractivity contribution is 5.98. The predicted molar refractivity (Wildman–Crippen MR) is 111 cm³/mol. The van der Waals surface area contributed by atoms with Crippen LogP contribution >= 0.6 is 0 Å². The van der Waals surface area contributed by atoms with E-state index in [1.54, 1.807) is 17.3 Å². The molecule has 4 rings (SSSR count). The Kier molecular flexibility index (Phi) is 5.26. The number of ether oxygens (including phenoxy) is 1. The molecule has 8 heteroatoms. The fraction of sp³-hybridized carbons (Fsp3) is 0.545. The number of hydrogen-bond donors (Lipinski definition) is 0. The number of piperidine rings is 2. The fourth-order valence-corrected chi connectivity index (χ4v) is 4.43. The number of likely N-dealkylation sites (tertiary alicyclic amines) is 2. The summed E-state index contributed by atoms with van der Waals surface area (Å²) in [6.07, 6.45) is 3.97. The molecule has 0 aliphatic carbocycles. The van der Waals surface area contributed by atoms with E-state index in [2.05, 4.69) is 10.2 Å². The van der Waals surface area contributed by atoms with Gasteiger partial charge in [0.05, 0.1) is 23.6 Å². The van der Waals surface area contributed by atoms with E-state index in [1.165, 1.54) is 4.80 Å². The van der Waals surface area contributed by atoms with Crippen LogP contribution in [0.15, 0.2) is 30.6 Å². The number of hydrogen-bond acceptors (Lipinski definition) is 5. The number of aryl methyl sites for hydroxylation is 1. The Balaban J connectivity index is 1.50. The molecule has 30 heavy (non-hydrogen) atoms. The lowest BCUT2D eigenvalue weighted by molar-refractivity contribution is -0.00714. The summed E-state index contributed by atoms with van der Waals surface area (Å²) in [4.78, 5) is 31.2. The van der Waals surface area contributed by atoms with Crippen molar-refractivity contribution >= 4 is 12.0 Å². The lowest BCUT2D eigenvalue weighted by Gasteiger charge is -2.45. The van der Waals surface area contributed by atoms with Gasteiger partial charge in [-0.1, -0.05) is 11.6 Å². The summed E-state index contributed by atoms with van der Waals surface area (Å²) in [6.45, 7) is 10.1. The van der Waals surface area contributed by atoms with Crippen molar-refractivity contribution in [3.63, 3.8) is 0 Å². The number of benzene rings is 1. The van der Waals surface area contributed by atoms with E-state index in [0.717, 1.165) is 12.0 Å². The molecule has 3 heterocycles. The van der Waals surface area contributed by atoms with Crippen molar-refractivity contribution in [1.29, 1.82) is 0 Å². The van der Waals surface area contributed by atoms with Crippen molar-refractivity contribution < 1.29 is 14.3 Å². The van der Waals surface area contributed by atoms with E-state index in [4.69, 9.17) is 4.74 Å². The highest BCUT2D eigenvalue weighted by Gasteiger charge is 2.39. The maximum Gasteiger partial charge on any atom is 0.410 e. The van der Waals surface area contributed by atoms with Gasteiger partial charge in [0.2, 0.25) is 0 Å². The maximum absolute atomic E-state index is 13.5. The fourth-order valence-electron chi connectivity index (χ4n) is 4.43. The van der Waals surface area contributed by atoms with E-state index in [9.17, 15) is 9.59 Å². The number of rotatable bonds is 2. The van der Waals surface area contributed by atoms with E-state index in [-0.39, 0.29) is 23.8 Å². The van der Waals surface area contributed by atoms with Crippen molar-refractivity contribution in [3.8, 4) is 5.69 Å². The molecule has 2 bridgehead atoms. The molecule has 8 nitrogen and oxygen atoms in total. The molecule has 2 atom stereocenters. The molecule has 0 spiro atoms. The van der Waals surface area contributed by atoms with Gasteiger partial charge in [-0.05, 0) is 58.1 Å². The SMILES string of the molecule is Cc1ccc(-n2nccn2)c(C(=O)N2CC3CC(CN(C(=O)OC(C)(C)C)C3)C2)c1. The molecule has 2 fully saturated rings. The monoisotopic (exact) mass is 411 g/mol. The Bertz CT molecular complexity index is 921. The van der Waals surface area contributed by atoms with Crippen molar-refractivity contribution in [2.24, 2.45) is 11.8 Å². The Morgan fingerprint density at radius 2 is 1.60 bits per heavy atom. The van der Waals surface area contributed by atoms with Crippen LogP contribution < -0.4 is 0 Å². The number of amides is 2. The Labute approximate surface area is 176 Å². The summed E-state index contributed by atoms with van der Waals surface area (Å²) in [6, 6.07) is 5.75. The van der Waals surface area contributed by atoms with Crippen molar-refractivity contribution in [1.82, 2.24) is 24.8 Å². The Morgan fingerprint density at radius 1 is 1.00 bits per heavy atom. The van der Waals surface area contributed by atoms with Gasteiger partial charge >= 0.3 is 6.09 Å². The predicted octanol–water partition coefficient (Wildman–Crippen LogP) is 2.90. The first-order valence-electron chi connectivity index (χ1n) is 10.4. The summed E-state index contributed by atoms with van der Waals surface area (Å²) in [7, 11) is 0. The molecule has 2 amide bonds. The summed E-state index contributed by atoms with van der Waals surface area (Å²) in [5.74, 6) is 0.501. The molecule has 2 aliphatic rings. The van der Waals surface area contributed by atoms with Crippen LogP contribution in [0.1, 0.15) is 43.1 Å². The van der Waals surface area contributed by atoms with E-state index < -0.39 is 5.60 Å². The van der Waals surface area contributed by atoms with Crippen LogP contribution in [0.2, 0.25) is 0 Å². The van der Waals surface area contributed by atoms with Gasteiger partial charge in [-0.25, -0.2) is 4.79 Å². The zero-order chi connectivity index (χ0) is 21.5. The molecule has 0 N–H and O–H groups in total. The second-order valence-electron chi connectivity index (χ2n) is 9.40. The first-order chi connectivity index (χ1) is 14.2. The summed E-state index contributed by atoms with van der Waals surface area (Å²) in [5, 5.41) is 8.39. The van der Waals surface area contributed by atoms with Crippen LogP contribution in [0.3, 0.4) is 0 Å². The van der Waals surface area contributed by atoms with E-state index in [0.29, 0.717) is 37.4 Å². The third-order valence-corrected chi connectivity index (χ3v) is 5.54. The van der Waals surface area contributed by atoms with E-state index >= 15 is 0 Å². The van der Waals surface area contributed by atoms with Gasteiger partial charge in [0.1, 0.15) is 5.60 Å². The number of carbonyl (C=O) groups is 2. The first kappa shape index (κ1) is 20.4. The smallest absolute Gasteiger partial charge is 0.410 e. The lowest BCUT2D eigenvalue weighted by Crippen LogP contribution is -2.56. The quantitative estimate of drug-likeness (QED) is 0.759. The van der Waals surface area contributed by atoms with Crippen LogP contribution in [0.25, 0.3) is 5.69 Å². The lowest BCUT2D eigenvalue weighted by atomic mass is 9.84. The molecule has 2 aliphatic heterocycles. The van der Waals surface area contributed by atoms with Gasteiger partial charge in [0.25, 0.3) is 5.91 Å². The molecular weight excluding hydrogens is 382 g/mol. The first-order valence-corrected chi connectivity index (χ1v) is 10.4. The van der Waals surface area contributed by atoms with Crippen molar-refractivity contribution in [2.45, 2.75) is 39.7 Å². The van der Waals surface area contributed by atoms with Gasteiger partial charge in [0.15, 0.2) is 0 Å². The van der Waals surface area contributed by atoms with Crippen molar-refractivity contribution in [2.75, 3.05) is 26.2 Å². The Morgan fingerprint density at radius 3 is 2.20 bits per heavy atom. The minimum atomic E-state index is -0.506. The minimum absolute atomic E-state index is 0.00795. The highest BCUT2D eigenvalue weighted by Crippen LogP contribution is 2.31. The molecule has 0 saturated carbocycles. The largest absolute Gasteiger partial charge is 0.444 e. The molecule has 2 aromatic rings.